The molecule has 0 radical (unpaired) electrons. The van der Waals surface area contributed by atoms with Crippen LogP contribution in [0.1, 0.15) is 25.3 Å². The molecule has 5 nitrogen and oxygen atoms in total. The van der Waals surface area contributed by atoms with Crippen LogP contribution in [0, 0.1) is 5.92 Å². The molecule has 4 rings (SSSR count). The number of nitrogens with zero attached hydrogens (tertiary/aromatic N) is 3. The molecule has 0 aliphatic carbocycles. The van der Waals surface area contributed by atoms with E-state index in [1.807, 2.05) is 6.07 Å². The average Bonchev–Trinajstić information content (AvgIpc) is 2.72. The predicted molar refractivity (Wildman–Crippen MR) is 106 cm³/mol. The first-order valence-corrected chi connectivity index (χ1v) is 9.49. The van der Waals surface area contributed by atoms with Gasteiger partial charge in [0.25, 0.3) is 0 Å². The number of piperidine rings is 1. The maximum atomic E-state index is 4.88. The highest BCUT2D eigenvalue weighted by Gasteiger charge is 2.15. The first-order valence-electron chi connectivity index (χ1n) is 9.49. The quantitative estimate of drug-likeness (QED) is 0.737. The largest absolute Gasteiger partial charge is 0.368 e. The lowest BCUT2D eigenvalue weighted by Gasteiger charge is -2.23. The Hall–Kier alpha value is -2.53. The van der Waals surface area contributed by atoms with Crippen molar-refractivity contribution in [2.24, 2.45) is 5.92 Å². The van der Waals surface area contributed by atoms with E-state index in [1.54, 1.807) is 12.4 Å². The molecule has 3 aromatic rings. The van der Waals surface area contributed by atoms with Crippen molar-refractivity contribution in [3.8, 4) is 11.3 Å². The van der Waals surface area contributed by atoms with Crippen LogP contribution in [0.25, 0.3) is 22.3 Å². The molecule has 0 amide bonds. The second kappa shape index (κ2) is 7.79. The summed E-state index contributed by atoms with van der Waals surface area (Å²) in [4.78, 5) is 13.9. The standard InChI is InChI=1S/C21H25N5/c1-2-15-5-7-17(8-6-15)18-12-19-20(24-11-10-23-19)21(26-18)25-14-16-4-3-9-22-13-16/h5-8,10-12,16,22H,2-4,9,13-14H2,1H3,(H,25,26). The van der Waals surface area contributed by atoms with Crippen molar-refractivity contribution in [3.63, 3.8) is 0 Å². The number of anilines is 1. The van der Waals surface area contributed by atoms with Crippen LogP contribution >= 0.6 is 0 Å². The molecule has 0 saturated carbocycles. The normalized spacial score (nSPS) is 17.3. The molecule has 134 valence electrons. The highest BCUT2D eigenvalue weighted by atomic mass is 15.0. The highest BCUT2D eigenvalue weighted by molar-refractivity contribution is 5.88. The van der Waals surface area contributed by atoms with E-state index in [0.29, 0.717) is 5.92 Å². The lowest BCUT2D eigenvalue weighted by molar-refractivity contribution is 0.392. The minimum Gasteiger partial charge on any atom is -0.368 e. The molecule has 2 aromatic heterocycles. The Morgan fingerprint density at radius 2 is 2.00 bits per heavy atom. The van der Waals surface area contributed by atoms with Crippen molar-refractivity contribution in [2.75, 3.05) is 25.0 Å². The zero-order valence-electron chi connectivity index (χ0n) is 15.2. The monoisotopic (exact) mass is 347 g/mol. The molecule has 1 atom stereocenters. The van der Waals surface area contributed by atoms with Crippen molar-refractivity contribution in [2.45, 2.75) is 26.2 Å². The predicted octanol–water partition coefficient (Wildman–Crippen LogP) is 3.67. The molecule has 1 fully saturated rings. The molecule has 1 aliphatic rings. The van der Waals surface area contributed by atoms with Crippen molar-refractivity contribution < 1.29 is 0 Å². The summed E-state index contributed by atoms with van der Waals surface area (Å²) in [6.45, 7) is 5.27. The van der Waals surface area contributed by atoms with E-state index in [0.717, 1.165) is 54.2 Å². The Bertz CT molecular complexity index is 869. The van der Waals surface area contributed by atoms with Gasteiger partial charge in [0.05, 0.1) is 11.2 Å². The number of aryl methyl sites for hydroxylation is 1. The molecule has 0 spiro atoms. The molecular weight excluding hydrogens is 322 g/mol. The van der Waals surface area contributed by atoms with E-state index in [2.05, 4.69) is 51.8 Å². The topological polar surface area (TPSA) is 62.7 Å². The lowest BCUT2D eigenvalue weighted by atomic mass is 10.00. The Morgan fingerprint density at radius 1 is 1.15 bits per heavy atom. The van der Waals surface area contributed by atoms with Crippen LogP contribution in [0.4, 0.5) is 5.82 Å². The highest BCUT2D eigenvalue weighted by Crippen LogP contribution is 2.26. The number of hydrogen-bond donors (Lipinski definition) is 2. The smallest absolute Gasteiger partial charge is 0.154 e. The Morgan fingerprint density at radius 3 is 2.77 bits per heavy atom. The van der Waals surface area contributed by atoms with E-state index >= 15 is 0 Å². The van der Waals surface area contributed by atoms with E-state index in [4.69, 9.17) is 4.98 Å². The number of aromatic nitrogens is 3. The summed E-state index contributed by atoms with van der Waals surface area (Å²) in [5.41, 5.74) is 5.09. The van der Waals surface area contributed by atoms with Gasteiger partial charge in [-0.2, -0.15) is 0 Å². The van der Waals surface area contributed by atoms with Gasteiger partial charge in [-0.3, -0.25) is 4.98 Å². The Labute approximate surface area is 154 Å². The second-order valence-electron chi connectivity index (χ2n) is 6.92. The number of nitrogens with one attached hydrogen (secondary N) is 2. The number of rotatable bonds is 5. The number of fused-ring (bicyclic) bond motifs is 1. The number of pyridine rings is 1. The molecule has 3 heterocycles. The van der Waals surface area contributed by atoms with Crippen LogP contribution in [-0.2, 0) is 6.42 Å². The third-order valence-electron chi connectivity index (χ3n) is 5.07. The summed E-state index contributed by atoms with van der Waals surface area (Å²) in [7, 11) is 0. The zero-order valence-corrected chi connectivity index (χ0v) is 15.2. The summed E-state index contributed by atoms with van der Waals surface area (Å²) in [5, 5.41) is 7.00. The fourth-order valence-electron chi connectivity index (χ4n) is 3.49. The number of hydrogen-bond acceptors (Lipinski definition) is 5. The molecule has 2 N–H and O–H groups in total. The van der Waals surface area contributed by atoms with Gasteiger partial charge in [-0.05, 0) is 49.9 Å². The zero-order chi connectivity index (χ0) is 17.8. The van der Waals surface area contributed by atoms with Crippen LogP contribution in [-0.4, -0.2) is 34.6 Å². The van der Waals surface area contributed by atoms with Crippen LogP contribution in [0.3, 0.4) is 0 Å². The lowest BCUT2D eigenvalue weighted by Crippen LogP contribution is -2.33. The Balaban J connectivity index is 1.65. The number of benzene rings is 1. The van der Waals surface area contributed by atoms with E-state index in [-0.39, 0.29) is 0 Å². The first-order chi connectivity index (χ1) is 12.8. The molecule has 26 heavy (non-hydrogen) atoms. The van der Waals surface area contributed by atoms with Gasteiger partial charge >= 0.3 is 0 Å². The first kappa shape index (κ1) is 16.9. The second-order valence-corrected chi connectivity index (χ2v) is 6.92. The van der Waals surface area contributed by atoms with Gasteiger partial charge in [0.2, 0.25) is 0 Å². The Kier molecular flexibility index (Phi) is 5.07. The van der Waals surface area contributed by atoms with Crippen LogP contribution < -0.4 is 10.6 Å². The van der Waals surface area contributed by atoms with Gasteiger partial charge in [0.15, 0.2) is 5.82 Å². The van der Waals surface area contributed by atoms with Crippen LogP contribution in [0.5, 0.6) is 0 Å². The van der Waals surface area contributed by atoms with Gasteiger partial charge in [0.1, 0.15) is 5.52 Å². The maximum Gasteiger partial charge on any atom is 0.154 e. The summed E-state index contributed by atoms with van der Waals surface area (Å²) in [6, 6.07) is 10.6. The van der Waals surface area contributed by atoms with Crippen molar-refractivity contribution in [1.29, 1.82) is 0 Å². The third-order valence-corrected chi connectivity index (χ3v) is 5.07. The van der Waals surface area contributed by atoms with Gasteiger partial charge in [-0.15, -0.1) is 0 Å². The molecule has 1 unspecified atom stereocenters. The summed E-state index contributed by atoms with van der Waals surface area (Å²) in [5.74, 6) is 1.46. The maximum absolute atomic E-state index is 4.88. The third kappa shape index (κ3) is 3.68. The van der Waals surface area contributed by atoms with Crippen LogP contribution in [0.15, 0.2) is 42.7 Å². The molecule has 0 bridgehead atoms. The van der Waals surface area contributed by atoms with E-state index < -0.39 is 0 Å². The SMILES string of the molecule is CCc1ccc(-c2cc3nccnc3c(NCC3CCCNC3)n2)cc1. The minimum atomic E-state index is 0.629. The molecule has 1 aliphatic heterocycles. The fourth-order valence-corrected chi connectivity index (χ4v) is 3.49. The molecule has 1 saturated heterocycles. The molecular formula is C21H25N5. The van der Waals surface area contributed by atoms with E-state index in [1.165, 1.54) is 18.4 Å². The summed E-state index contributed by atoms with van der Waals surface area (Å²) < 4.78 is 0. The molecule has 1 aromatic carbocycles. The molecule has 5 heteroatoms. The average molecular weight is 347 g/mol. The van der Waals surface area contributed by atoms with Gasteiger partial charge in [0, 0.05) is 24.5 Å². The van der Waals surface area contributed by atoms with Crippen LogP contribution in [0.2, 0.25) is 0 Å². The van der Waals surface area contributed by atoms with Gasteiger partial charge in [-0.1, -0.05) is 31.2 Å². The van der Waals surface area contributed by atoms with Crippen molar-refractivity contribution >= 4 is 16.9 Å². The van der Waals surface area contributed by atoms with E-state index in [9.17, 15) is 0 Å². The minimum absolute atomic E-state index is 0.629. The summed E-state index contributed by atoms with van der Waals surface area (Å²) in [6.07, 6.45) is 7.00. The van der Waals surface area contributed by atoms with Gasteiger partial charge < -0.3 is 10.6 Å². The summed E-state index contributed by atoms with van der Waals surface area (Å²) >= 11 is 0. The van der Waals surface area contributed by atoms with Gasteiger partial charge in [-0.25, -0.2) is 9.97 Å². The van der Waals surface area contributed by atoms with Crippen molar-refractivity contribution in [3.05, 3.63) is 48.3 Å². The van der Waals surface area contributed by atoms with Crippen molar-refractivity contribution in [1.82, 2.24) is 20.3 Å². The fraction of sp³-hybridized carbons (Fsp3) is 0.381.